The Balaban J connectivity index is 2.92. The van der Waals surface area contributed by atoms with E-state index in [1.54, 1.807) is 0 Å². The summed E-state index contributed by atoms with van der Waals surface area (Å²) in [6.45, 7) is 10.7. The molecule has 0 saturated carbocycles. The average molecular weight is 311 g/mol. The largest absolute Gasteiger partial charge is 0.490 e. The van der Waals surface area contributed by atoms with Gasteiger partial charge in [-0.15, -0.1) is 0 Å². The first-order chi connectivity index (χ1) is 10.3. The van der Waals surface area contributed by atoms with Gasteiger partial charge >= 0.3 is 0 Å². The van der Waals surface area contributed by atoms with Crippen molar-refractivity contribution >= 4 is 11.8 Å². The van der Waals surface area contributed by atoms with Gasteiger partial charge in [-0.05, 0) is 50.3 Å². The van der Waals surface area contributed by atoms with E-state index >= 15 is 0 Å². The molecule has 0 amide bonds. The van der Waals surface area contributed by atoms with Crippen LogP contribution >= 0.6 is 11.8 Å². The van der Waals surface area contributed by atoms with E-state index in [1.165, 1.54) is 5.56 Å². The van der Waals surface area contributed by atoms with Gasteiger partial charge in [0.1, 0.15) is 0 Å². The Kier molecular flexibility index (Phi) is 9.35. The van der Waals surface area contributed by atoms with Crippen molar-refractivity contribution in [2.75, 3.05) is 31.3 Å². The molecule has 0 radical (unpaired) electrons. The molecule has 1 rings (SSSR count). The van der Waals surface area contributed by atoms with E-state index in [9.17, 15) is 0 Å². The van der Waals surface area contributed by atoms with Gasteiger partial charge in [-0.25, -0.2) is 0 Å². The highest BCUT2D eigenvalue weighted by atomic mass is 32.2. The molecule has 0 aliphatic heterocycles. The first kappa shape index (κ1) is 18.2. The zero-order chi connectivity index (χ0) is 15.5. The van der Waals surface area contributed by atoms with Crippen LogP contribution in [0, 0.1) is 0 Å². The van der Waals surface area contributed by atoms with E-state index < -0.39 is 0 Å². The predicted molar refractivity (Wildman–Crippen MR) is 92.8 cm³/mol. The van der Waals surface area contributed by atoms with Crippen molar-refractivity contribution in [3.8, 4) is 11.5 Å². The second-order valence-corrected chi connectivity index (χ2v) is 6.06. The highest BCUT2D eigenvalue weighted by Gasteiger charge is 2.14. The van der Waals surface area contributed by atoms with Crippen molar-refractivity contribution in [2.24, 2.45) is 0 Å². The molecule has 0 bridgehead atoms. The van der Waals surface area contributed by atoms with Gasteiger partial charge in [0.05, 0.1) is 13.2 Å². The summed E-state index contributed by atoms with van der Waals surface area (Å²) >= 11 is 1.96. The van der Waals surface area contributed by atoms with Crippen LogP contribution < -0.4 is 14.8 Å². The number of ether oxygens (including phenoxy) is 2. The van der Waals surface area contributed by atoms with E-state index in [4.69, 9.17) is 9.47 Å². The van der Waals surface area contributed by atoms with E-state index in [-0.39, 0.29) is 0 Å². The number of rotatable bonds is 11. The Bertz CT molecular complexity index is 390. The topological polar surface area (TPSA) is 30.5 Å². The van der Waals surface area contributed by atoms with Crippen LogP contribution in [0.5, 0.6) is 11.5 Å². The molecule has 0 aromatic heterocycles. The van der Waals surface area contributed by atoms with Crippen molar-refractivity contribution in [1.82, 2.24) is 5.32 Å². The summed E-state index contributed by atoms with van der Waals surface area (Å²) in [6, 6.07) is 6.67. The summed E-state index contributed by atoms with van der Waals surface area (Å²) in [7, 11) is 0. The maximum absolute atomic E-state index is 5.73. The minimum atomic E-state index is 0.366. The smallest absolute Gasteiger partial charge is 0.161 e. The minimum Gasteiger partial charge on any atom is -0.490 e. The summed E-state index contributed by atoms with van der Waals surface area (Å²) in [5.74, 6) is 3.90. The fraction of sp³-hybridized carbons (Fsp3) is 0.647. The Morgan fingerprint density at radius 3 is 2.38 bits per heavy atom. The van der Waals surface area contributed by atoms with E-state index in [0.29, 0.717) is 19.3 Å². The Labute approximate surface area is 133 Å². The molecule has 21 heavy (non-hydrogen) atoms. The summed E-state index contributed by atoms with van der Waals surface area (Å²) in [4.78, 5) is 0. The lowest BCUT2D eigenvalue weighted by atomic mass is 10.1. The Morgan fingerprint density at radius 1 is 1.05 bits per heavy atom. The van der Waals surface area contributed by atoms with Gasteiger partial charge in [-0.2, -0.15) is 11.8 Å². The molecule has 1 unspecified atom stereocenters. The summed E-state index contributed by atoms with van der Waals surface area (Å²) in [6.07, 6.45) is 1.14. The third-order valence-electron chi connectivity index (χ3n) is 3.10. The molecule has 3 nitrogen and oxygen atoms in total. The van der Waals surface area contributed by atoms with Crippen LogP contribution in [-0.4, -0.2) is 31.3 Å². The number of hydrogen-bond acceptors (Lipinski definition) is 4. The average Bonchev–Trinajstić information content (AvgIpc) is 2.50. The minimum absolute atomic E-state index is 0.366. The van der Waals surface area contributed by atoms with Gasteiger partial charge in [-0.3, -0.25) is 0 Å². The molecule has 1 aromatic carbocycles. The van der Waals surface area contributed by atoms with Crippen LogP contribution in [0.25, 0.3) is 0 Å². The monoisotopic (exact) mass is 311 g/mol. The predicted octanol–water partition coefficient (Wildman–Crippen LogP) is 4.28. The van der Waals surface area contributed by atoms with Crippen molar-refractivity contribution in [3.63, 3.8) is 0 Å². The van der Waals surface area contributed by atoms with Crippen LogP contribution in [0.1, 0.15) is 45.7 Å². The Morgan fingerprint density at radius 2 is 1.76 bits per heavy atom. The van der Waals surface area contributed by atoms with Gasteiger partial charge in [0.25, 0.3) is 0 Å². The molecule has 4 heteroatoms. The van der Waals surface area contributed by atoms with Crippen molar-refractivity contribution < 1.29 is 9.47 Å². The fourth-order valence-electron chi connectivity index (χ4n) is 2.11. The second-order valence-electron chi connectivity index (χ2n) is 4.74. The highest BCUT2D eigenvalue weighted by Crippen LogP contribution is 2.31. The summed E-state index contributed by atoms with van der Waals surface area (Å²) in [5.41, 5.74) is 1.27. The molecule has 0 fully saturated rings. The third kappa shape index (κ3) is 6.18. The van der Waals surface area contributed by atoms with Crippen LogP contribution in [0.2, 0.25) is 0 Å². The lowest BCUT2D eigenvalue weighted by Gasteiger charge is -2.20. The lowest BCUT2D eigenvalue weighted by molar-refractivity contribution is 0.287. The number of hydrogen-bond donors (Lipinski definition) is 1. The van der Waals surface area contributed by atoms with Gasteiger partial charge in [-0.1, -0.05) is 19.9 Å². The molecule has 1 atom stereocenters. The summed E-state index contributed by atoms with van der Waals surface area (Å²) in [5, 5.41) is 3.62. The normalized spacial score (nSPS) is 12.2. The standard InChI is InChI=1S/C17H29NO2S/c1-5-11-18-15(13-21-8-4)14-9-10-16(19-6-2)17(12-14)20-7-3/h9-10,12,15,18H,5-8,11,13H2,1-4H3. The molecular weight excluding hydrogens is 282 g/mol. The van der Waals surface area contributed by atoms with Gasteiger partial charge < -0.3 is 14.8 Å². The molecule has 0 saturated heterocycles. The molecule has 1 aromatic rings. The zero-order valence-electron chi connectivity index (χ0n) is 13.8. The molecular formula is C17H29NO2S. The fourth-order valence-corrected chi connectivity index (χ4v) is 2.89. The third-order valence-corrected chi connectivity index (χ3v) is 4.08. The number of benzene rings is 1. The lowest BCUT2D eigenvalue weighted by Crippen LogP contribution is -2.24. The Hall–Kier alpha value is -0.870. The van der Waals surface area contributed by atoms with Crippen molar-refractivity contribution in [3.05, 3.63) is 23.8 Å². The van der Waals surface area contributed by atoms with Gasteiger partial charge in [0.15, 0.2) is 11.5 Å². The first-order valence-electron chi connectivity index (χ1n) is 7.97. The molecule has 0 aliphatic rings. The SMILES string of the molecule is CCCNC(CSCC)c1ccc(OCC)c(OCC)c1. The molecule has 0 heterocycles. The molecule has 0 spiro atoms. The van der Waals surface area contributed by atoms with E-state index in [2.05, 4.69) is 31.3 Å². The van der Waals surface area contributed by atoms with Crippen LogP contribution in [-0.2, 0) is 0 Å². The molecule has 0 aliphatic carbocycles. The molecule has 1 N–H and O–H groups in total. The summed E-state index contributed by atoms with van der Waals surface area (Å²) < 4.78 is 11.4. The van der Waals surface area contributed by atoms with Gasteiger partial charge in [0.2, 0.25) is 0 Å². The zero-order valence-corrected chi connectivity index (χ0v) is 14.6. The quantitative estimate of drug-likeness (QED) is 0.661. The van der Waals surface area contributed by atoms with Gasteiger partial charge in [0, 0.05) is 11.8 Å². The number of thioether (sulfide) groups is 1. The maximum Gasteiger partial charge on any atom is 0.161 e. The molecule has 120 valence electrons. The highest BCUT2D eigenvalue weighted by molar-refractivity contribution is 7.99. The van der Waals surface area contributed by atoms with E-state index in [0.717, 1.165) is 36.0 Å². The first-order valence-corrected chi connectivity index (χ1v) is 9.12. The van der Waals surface area contributed by atoms with E-state index in [1.807, 2.05) is 31.7 Å². The van der Waals surface area contributed by atoms with Crippen LogP contribution in [0.15, 0.2) is 18.2 Å². The van der Waals surface area contributed by atoms with Crippen molar-refractivity contribution in [2.45, 2.75) is 40.2 Å². The van der Waals surface area contributed by atoms with Crippen LogP contribution in [0.4, 0.5) is 0 Å². The number of nitrogens with one attached hydrogen (secondary N) is 1. The van der Waals surface area contributed by atoms with Crippen molar-refractivity contribution in [1.29, 1.82) is 0 Å². The van der Waals surface area contributed by atoms with Crippen LogP contribution in [0.3, 0.4) is 0 Å². The second kappa shape index (κ2) is 10.8. The maximum atomic E-state index is 5.73.